The molecule has 1 amide bonds. The fourth-order valence-electron chi connectivity index (χ4n) is 2.34. The van der Waals surface area contributed by atoms with Gasteiger partial charge in [-0.2, -0.15) is 0 Å². The third kappa shape index (κ3) is 5.03. The molecule has 0 bridgehead atoms. The van der Waals surface area contributed by atoms with Gasteiger partial charge >= 0.3 is 0 Å². The number of hydrogen-bond acceptors (Lipinski definition) is 5. The molecule has 1 aromatic carbocycles. The van der Waals surface area contributed by atoms with Crippen molar-refractivity contribution in [1.29, 1.82) is 0 Å². The topological polar surface area (TPSA) is 88.2 Å². The summed E-state index contributed by atoms with van der Waals surface area (Å²) in [4.78, 5) is 16.7. The van der Waals surface area contributed by atoms with Crippen molar-refractivity contribution in [3.05, 3.63) is 53.7 Å². The van der Waals surface area contributed by atoms with E-state index in [0.29, 0.717) is 12.1 Å². The molecule has 3 rings (SSSR count). The smallest absolute Gasteiger partial charge is 0.253 e. The van der Waals surface area contributed by atoms with Crippen molar-refractivity contribution in [2.24, 2.45) is 5.92 Å². The van der Waals surface area contributed by atoms with Gasteiger partial charge < -0.3 is 10.6 Å². The molecule has 1 heterocycles. The summed E-state index contributed by atoms with van der Waals surface area (Å²) >= 11 is 0. The summed E-state index contributed by atoms with van der Waals surface area (Å²) < 4.78 is 22.9. The van der Waals surface area contributed by atoms with Crippen LogP contribution in [0.4, 0.5) is 5.82 Å². The molecule has 1 aromatic heterocycles. The van der Waals surface area contributed by atoms with Crippen LogP contribution in [0.25, 0.3) is 0 Å². The minimum atomic E-state index is -3.21. The Morgan fingerprint density at radius 3 is 2.44 bits per heavy atom. The Bertz CT molecular complexity index is 842. The van der Waals surface area contributed by atoms with Crippen LogP contribution in [-0.4, -0.2) is 32.1 Å². The third-order valence-corrected chi connectivity index (χ3v) is 5.23. The zero-order valence-corrected chi connectivity index (χ0v) is 14.8. The number of hydrogen-bond donors (Lipinski definition) is 2. The van der Waals surface area contributed by atoms with Crippen LogP contribution in [0, 0.1) is 5.92 Å². The van der Waals surface area contributed by atoms with E-state index in [2.05, 4.69) is 15.6 Å². The second-order valence-electron chi connectivity index (χ2n) is 6.36. The van der Waals surface area contributed by atoms with E-state index < -0.39 is 9.84 Å². The van der Waals surface area contributed by atoms with Gasteiger partial charge in [0.25, 0.3) is 5.91 Å². The fourth-order valence-corrected chi connectivity index (χ4v) is 2.97. The standard InChI is InChI=1S/C18H21N3O3S/c1-25(23,24)16-7-4-14(5-8-16)11-21-18(22)15-6-9-17(20-12-15)19-10-13-2-3-13/h4-9,12-13H,2-3,10-11H2,1H3,(H,19,20)(H,21,22). The fraction of sp³-hybridized carbons (Fsp3) is 0.333. The first-order valence-corrected chi connectivity index (χ1v) is 10.1. The zero-order chi connectivity index (χ0) is 17.9. The number of rotatable bonds is 7. The lowest BCUT2D eigenvalue weighted by Crippen LogP contribution is -2.23. The first-order chi connectivity index (χ1) is 11.9. The minimum absolute atomic E-state index is 0.214. The van der Waals surface area contributed by atoms with E-state index in [-0.39, 0.29) is 10.8 Å². The molecule has 1 fully saturated rings. The van der Waals surface area contributed by atoms with E-state index >= 15 is 0 Å². The van der Waals surface area contributed by atoms with Crippen LogP contribution in [-0.2, 0) is 16.4 Å². The number of carbonyl (C=O) groups excluding carboxylic acids is 1. The van der Waals surface area contributed by atoms with E-state index in [4.69, 9.17) is 0 Å². The Morgan fingerprint density at radius 2 is 1.88 bits per heavy atom. The summed E-state index contributed by atoms with van der Waals surface area (Å²) in [5.74, 6) is 1.33. The average Bonchev–Trinajstić information content (AvgIpc) is 3.42. The summed E-state index contributed by atoms with van der Waals surface area (Å²) in [6.45, 7) is 1.26. The summed E-state index contributed by atoms with van der Waals surface area (Å²) in [6, 6.07) is 10.0. The Balaban J connectivity index is 1.53. The largest absolute Gasteiger partial charge is 0.370 e. The van der Waals surface area contributed by atoms with E-state index in [1.165, 1.54) is 19.1 Å². The Labute approximate surface area is 147 Å². The monoisotopic (exact) mass is 359 g/mol. The lowest BCUT2D eigenvalue weighted by Gasteiger charge is -2.08. The van der Waals surface area contributed by atoms with Crippen molar-refractivity contribution in [3.63, 3.8) is 0 Å². The van der Waals surface area contributed by atoms with Gasteiger partial charge in [0.2, 0.25) is 0 Å². The molecule has 132 valence electrons. The molecule has 2 N–H and O–H groups in total. The number of carbonyl (C=O) groups is 1. The van der Waals surface area contributed by atoms with E-state index in [1.54, 1.807) is 42.6 Å². The van der Waals surface area contributed by atoms with Crippen molar-refractivity contribution in [3.8, 4) is 0 Å². The van der Waals surface area contributed by atoms with Gasteiger partial charge in [0.1, 0.15) is 5.82 Å². The Kier molecular flexibility index (Phi) is 5.03. The van der Waals surface area contributed by atoms with Crippen LogP contribution < -0.4 is 10.6 Å². The van der Waals surface area contributed by atoms with Gasteiger partial charge in [-0.25, -0.2) is 13.4 Å². The Hall–Kier alpha value is -2.41. The molecule has 0 atom stereocenters. The molecule has 0 radical (unpaired) electrons. The normalized spacial score (nSPS) is 14.1. The van der Waals surface area contributed by atoms with Crippen molar-refractivity contribution in [2.45, 2.75) is 24.3 Å². The first kappa shape index (κ1) is 17.4. The number of pyridine rings is 1. The van der Waals surface area contributed by atoms with E-state index in [0.717, 1.165) is 23.8 Å². The van der Waals surface area contributed by atoms with Gasteiger partial charge in [-0.3, -0.25) is 4.79 Å². The number of benzene rings is 1. The van der Waals surface area contributed by atoms with Gasteiger partial charge in [-0.1, -0.05) is 12.1 Å². The summed E-state index contributed by atoms with van der Waals surface area (Å²) in [6.07, 6.45) is 5.27. The summed E-state index contributed by atoms with van der Waals surface area (Å²) in [7, 11) is -3.21. The molecule has 1 aliphatic rings. The predicted octanol–water partition coefficient (Wildman–Crippen LogP) is 2.24. The molecule has 1 aliphatic carbocycles. The van der Waals surface area contributed by atoms with Crippen LogP contribution in [0.3, 0.4) is 0 Å². The van der Waals surface area contributed by atoms with Crippen LogP contribution in [0.5, 0.6) is 0 Å². The van der Waals surface area contributed by atoms with Crippen molar-refractivity contribution in [1.82, 2.24) is 10.3 Å². The number of sulfone groups is 1. The maximum Gasteiger partial charge on any atom is 0.253 e. The summed E-state index contributed by atoms with van der Waals surface area (Å²) in [5, 5.41) is 6.06. The van der Waals surface area contributed by atoms with Crippen molar-refractivity contribution >= 4 is 21.6 Å². The molecule has 1 saturated carbocycles. The number of nitrogens with one attached hydrogen (secondary N) is 2. The molecule has 0 unspecified atom stereocenters. The SMILES string of the molecule is CS(=O)(=O)c1ccc(CNC(=O)c2ccc(NCC3CC3)nc2)cc1. The van der Waals surface area contributed by atoms with Gasteiger partial charge in [0.15, 0.2) is 9.84 Å². The highest BCUT2D eigenvalue weighted by molar-refractivity contribution is 7.90. The lowest BCUT2D eigenvalue weighted by molar-refractivity contribution is 0.0950. The van der Waals surface area contributed by atoms with Crippen molar-refractivity contribution < 1.29 is 13.2 Å². The molecule has 7 heteroatoms. The molecule has 0 saturated heterocycles. The number of aromatic nitrogens is 1. The third-order valence-electron chi connectivity index (χ3n) is 4.10. The number of amides is 1. The lowest BCUT2D eigenvalue weighted by atomic mass is 10.2. The average molecular weight is 359 g/mol. The maximum absolute atomic E-state index is 12.2. The molecule has 25 heavy (non-hydrogen) atoms. The predicted molar refractivity (Wildman–Crippen MR) is 96.2 cm³/mol. The van der Waals surface area contributed by atoms with Gasteiger partial charge in [0, 0.05) is 25.5 Å². The van der Waals surface area contributed by atoms with Crippen LogP contribution >= 0.6 is 0 Å². The molecule has 0 spiro atoms. The van der Waals surface area contributed by atoms with Crippen LogP contribution in [0.2, 0.25) is 0 Å². The Morgan fingerprint density at radius 1 is 1.16 bits per heavy atom. The second kappa shape index (κ2) is 7.23. The van der Waals surface area contributed by atoms with E-state index in [9.17, 15) is 13.2 Å². The molecular weight excluding hydrogens is 338 g/mol. The van der Waals surface area contributed by atoms with Crippen molar-refractivity contribution in [2.75, 3.05) is 18.1 Å². The first-order valence-electron chi connectivity index (χ1n) is 8.19. The van der Waals surface area contributed by atoms with Crippen LogP contribution in [0.1, 0.15) is 28.8 Å². The number of nitrogens with zero attached hydrogens (tertiary/aromatic N) is 1. The highest BCUT2D eigenvalue weighted by Gasteiger charge is 2.20. The molecule has 0 aliphatic heterocycles. The quantitative estimate of drug-likeness (QED) is 0.791. The second-order valence-corrected chi connectivity index (χ2v) is 8.37. The molecule has 6 nitrogen and oxygen atoms in total. The van der Waals surface area contributed by atoms with Gasteiger partial charge in [-0.15, -0.1) is 0 Å². The molecule has 2 aromatic rings. The molecular formula is C18H21N3O3S. The van der Waals surface area contributed by atoms with E-state index in [1.807, 2.05) is 0 Å². The highest BCUT2D eigenvalue weighted by Crippen LogP contribution is 2.28. The maximum atomic E-state index is 12.2. The zero-order valence-electron chi connectivity index (χ0n) is 14.0. The van der Waals surface area contributed by atoms with Crippen LogP contribution in [0.15, 0.2) is 47.5 Å². The van der Waals surface area contributed by atoms with Gasteiger partial charge in [-0.05, 0) is 48.6 Å². The summed E-state index contributed by atoms with van der Waals surface area (Å²) in [5.41, 5.74) is 1.32. The highest BCUT2D eigenvalue weighted by atomic mass is 32.2. The number of anilines is 1. The van der Waals surface area contributed by atoms with Gasteiger partial charge in [0.05, 0.1) is 10.5 Å². The minimum Gasteiger partial charge on any atom is -0.370 e.